The molecule has 3 aliphatic heterocycles. The molecular formula is C35H46ClN7O4. The fraction of sp³-hybridized carbons (Fsp3) is 0.629. The zero-order valence-corrected chi connectivity index (χ0v) is 28.5. The number of nitrogens with zero attached hydrogens (tertiary/aromatic N) is 6. The van der Waals surface area contributed by atoms with Crippen molar-refractivity contribution >= 4 is 29.3 Å². The molecule has 4 fully saturated rings. The Morgan fingerprint density at radius 2 is 1.66 bits per heavy atom. The summed E-state index contributed by atoms with van der Waals surface area (Å²) in [7, 11) is 0. The van der Waals surface area contributed by atoms with Crippen molar-refractivity contribution in [3.8, 4) is 11.8 Å². The molecule has 11 nitrogen and oxygen atoms in total. The average Bonchev–Trinajstić information content (AvgIpc) is 3.04. The number of anilines is 1. The summed E-state index contributed by atoms with van der Waals surface area (Å²) in [5.41, 5.74) is 1.26. The van der Waals surface area contributed by atoms with Crippen molar-refractivity contribution in [3.05, 3.63) is 47.0 Å². The Kier molecular flexibility index (Phi) is 9.81. The van der Waals surface area contributed by atoms with Crippen LogP contribution in [0.15, 0.2) is 30.6 Å². The Morgan fingerprint density at radius 1 is 1.00 bits per heavy atom. The van der Waals surface area contributed by atoms with E-state index < -0.39 is 5.60 Å². The van der Waals surface area contributed by atoms with Gasteiger partial charge in [0.2, 0.25) is 5.82 Å². The highest BCUT2D eigenvalue weighted by atomic mass is 35.5. The highest BCUT2D eigenvalue weighted by Crippen LogP contribution is 2.43. The van der Waals surface area contributed by atoms with Crippen LogP contribution in [0.5, 0.6) is 5.75 Å². The van der Waals surface area contributed by atoms with E-state index >= 15 is 0 Å². The third-order valence-electron chi connectivity index (χ3n) is 10.1. The maximum absolute atomic E-state index is 12.9. The number of aromatic nitrogens is 2. The second-order valence-corrected chi connectivity index (χ2v) is 15.1. The Balaban J connectivity index is 0.895. The highest BCUT2D eigenvalue weighted by Gasteiger charge is 2.46. The van der Waals surface area contributed by atoms with Gasteiger partial charge >= 0.3 is 6.09 Å². The van der Waals surface area contributed by atoms with Crippen LogP contribution in [0.1, 0.15) is 88.3 Å². The van der Waals surface area contributed by atoms with E-state index in [2.05, 4.69) is 31.2 Å². The van der Waals surface area contributed by atoms with Gasteiger partial charge in [0.1, 0.15) is 17.4 Å². The predicted molar refractivity (Wildman–Crippen MR) is 179 cm³/mol. The second kappa shape index (κ2) is 13.9. The van der Waals surface area contributed by atoms with Gasteiger partial charge in [-0.1, -0.05) is 11.6 Å². The first kappa shape index (κ1) is 33.3. The zero-order valence-electron chi connectivity index (χ0n) is 27.7. The van der Waals surface area contributed by atoms with Gasteiger partial charge in [-0.3, -0.25) is 4.79 Å². The number of likely N-dealkylation sites (tertiary alicyclic amines) is 2. The smallest absolute Gasteiger partial charge is 0.410 e. The molecule has 252 valence electrons. The van der Waals surface area contributed by atoms with Crippen LogP contribution in [0.3, 0.4) is 0 Å². The van der Waals surface area contributed by atoms with Crippen molar-refractivity contribution in [1.82, 2.24) is 25.1 Å². The summed E-state index contributed by atoms with van der Waals surface area (Å²) in [6.45, 7) is 11.4. The molecule has 6 rings (SSSR count). The number of halogens is 1. The van der Waals surface area contributed by atoms with Gasteiger partial charge in [0.15, 0.2) is 0 Å². The molecule has 0 radical (unpaired) electrons. The molecule has 4 heterocycles. The number of hydrogen-bond acceptors (Lipinski definition) is 9. The second-order valence-electron chi connectivity index (χ2n) is 14.7. The predicted octanol–water partition coefficient (Wildman–Crippen LogP) is 5.42. The van der Waals surface area contributed by atoms with Crippen molar-refractivity contribution in [2.75, 3.05) is 44.2 Å². The first-order valence-corrected chi connectivity index (χ1v) is 17.3. The van der Waals surface area contributed by atoms with Crippen LogP contribution < -0.4 is 15.0 Å². The number of ether oxygens (including phenoxy) is 2. The molecule has 1 aromatic carbocycles. The van der Waals surface area contributed by atoms with Gasteiger partial charge < -0.3 is 29.5 Å². The fourth-order valence-corrected chi connectivity index (χ4v) is 7.61. The number of benzene rings is 1. The van der Waals surface area contributed by atoms with E-state index in [0.717, 1.165) is 83.5 Å². The van der Waals surface area contributed by atoms with Crippen LogP contribution in [0, 0.1) is 16.7 Å². The number of carbonyl (C=O) groups is 2. The first-order valence-electron chi connectivity index (χ1n) is 17.0. The molecule has 4 aliphatic rings. The average molecular weight is 664 g/mol. The standard InChI is InChI=1S/C35H46ClN7O4/c1-34(2,3)47-33(45)42-14-10-26(11-15-42)41-16-12-35(13-17-41)22-43(23-35)27-20-38-31(39-21-27)32(44)40-25-5-8-28(9-6-25)46-29-7-4-24(19-37)30(36)18-29/h4,7,18,20-21,25-26,28H,5-6,8-17,22-23H2,1-3H3,(H,40,44). The number of amides is 2. The number of nitrogens with one attached hydrogen (secondary N) is 1. The minimum absolute atomic E-state index is 0.0405. The van der Waals surface area contributed by atoms with E-state index in [0.29, 0.717) is 27.8 Å². The zero-order chi connectivity index (χ0) is 33.2. The number of piperidine rings is 2. The van der Waals surface area contributed by atoms with Gasteiger partial charge in [0.25, 0.3) is 5.91 Å². The van der Waals surface area contributed by atoms with Crippen LogP contribution in [-0.2, 0) is 4.74 Å². The van der Waals surface area contributed by atoms with Gasteiger partial charge in [0.05, 0.1) is 34.8 Å². The molecular weight excluding hydrogens is 618 g/mol. The molecule has 47 heavy (non-hydrogen) atoms. The van der Waals surface area contributed by atoms with Crippen LogP contribution in [-0.4, -0.2) is 94.8 Å². The molecule has 2 amide bonds. The molecule has 1 spiro atoms. The molecule has 1 saturated carbocycles. The van der Waals surface area contributed by atoms with Crippen LogP contribution in [0.4, 0.5) is 10.5 Å². The van der Waals surface area contributed by atoms with Gasteiger partial charge in [-0.15, -0.1) is 0 Å². The number of carbonyl (C=O) groups excluding carboxylic acids is 2. The monoisotopic (exact) mass is 663 g/mol. The quantitative estimate of drug-likeness (QED) is 0.431. The van der Waals surface area contributed by atoms with E-state index in [1.165, 1.54) is 12.8 Å². The number of nitriles is 1. The largest absolute Gasteiger partial charge is 0.490 e. The van der Waals surface area contributed by atoms with E-state index in [1.807, 2.05) is 25.7 Å². The van der Waals surface area contributed by atoms with E-state index in [-0.39, 0.29) is 30.0 Å². The van der Waals surface area contributed by atoms with Crippen LogP contribution >= 0.6 is 11.6 Å². The molecule has 12 heteroatoms. The molecule has 1 N–H and O–H groups in total. The maximum atomic E-state index is 12.9. The summed E-state index contributed by atoms with van der Waals surface area (Å²) in [6, 6.07) is 7.76. The lowest BCUT2D eigenvalue weighted by Gasteiger charge is -2.56. The minimum atomic E-state index is -0.460. The summed E-state index contributed by atoms with van der Waals surface area (Å²) >= 11 is 6.13. The van der Waals surface area contributed by atoms with Crippen molar-refractivity contribution in [1.29, 1.82) is 5.26 Å². The molecule has 1 aromatic heterocycles. The minimum Gasteiger partial charge on any atom is -0.490 e. The van der Waals surface area contributed by atoms with Gasteiger partial charge in [-0.05, 0) is 97.4 Å². The summed E-state index contributed by atoms with van der Waals surface area (Å²) in [6.07, 6.45) is 11.0. The lowest BCUT2D eigenvalue weighted by Crippen LogP contribution is -2.62. The first-order chi connectivity index (χ1) is 22.5. The SMILES string of the molecule is CC(C)(C)OC(=O)N1CCC(N2CCC3(CC2)CN(c2cnc(C(=O)NC4CCC(Oc5ccc(C#N)c(Cl)c5)CC4)nc2)C3)CC1. The lowest BCUT2D eigenvalue weighted by molar-refractivity contribution is 0.00431. The molecule has 0 unspecified atom stereocenters. The Hall–Kier alpha value is -3.62. The third-order valence-corrected chi connectivity index (χ3v) is 10.4. The fourth-order valence-electron chi connectivity index (χ4n) is 7.39. The summed E-state index contributed by atoms with van der Waals surface area (Å²) < 4.78 is 11.6. The molecule has 3 saturated heterocycles. The van der Waals surface area contributed by atoms with E-state index in [9.17, 15) is 9.59 Å². The Morgan fingerprint density at radius 3 is 2.26 bits per heavy atom. The van der Waals surface area contributed by atoms with E-state index in [1.54, 1.807) is 30.6 Å². The van der Waals surface area contributed by atoms with Crippen LogP contribution in [0.25, 0.3) is 0 Å². The normalized spacial score (nSPS) is 23.5. The van der Waals surface area contributed by atoms with Crippen LogP contribution in [0.2, 0.25) is 5.02 Å². The summed E-state index contributed by atoms with van der Waals surface area (Å²) in [5.74, 6) is 0.604. The van der Waals surface area contributed by atoms with E-state index in [4.69, 9.17) is 26.3 Å². The number of rotatable bonds is 6. The Bertz CT molecular complexity index is 1460. The van der Waals surface area contributed by atoms with Crippen molar-refractivity contribution < 1.29 is 19.1 Å². The number of hydrogen-bond donors (Lipinski definition) is 1. The molecule has 1 aliphatic carbocycles. The summed E-state index contributed by atoms with van der Waals surface area (Å²) in [5, 5.41) is 12.5. The highest BCUT2D eigenvalue weighted by molar-refractivity contribution is 6.31. The van der Waals surface area contributed by atoms with Crippen molar-refractivity contribution in [2.24, 2.45) is 5.41 Å². The van der Waals surface area contributed by atoms with Gasteiger partial charge in [-0.2, -0.15) is 5.26 Å². The van der Waals surface area contributed by atoms with Gasteiger partial charge in [-0.25, -0.2) is 14.8 Å². The third kappa shape index (κ3) is 8.10. The lowest BCUT2D eigenvalue weighted by atomic mass is 9.71. The summed E-state index contributed by atoms with van der Waals surface area (Å²) in [4.78, 5) is 41.0. The topological polar surface area (TPSA) is 124 Å². The van der Waals surface area contributed by atoms with Crippen molar-refractivity contribution in [2.45, 2.75) is 95.9 Å². The molecule has 2 aromatic rings. The Labute approximate surface area is 282 Å². The van der Waals surface area contributed by atoms with Gasteiger partial charge in [0, 0.05) is 49.7 Å². The molecule has 0 atom stereocenters. The van der Waals surface area contributed by atoms with Crippen molar-refractivity contribution in [3.63, 3.8) is 0 Å². The molecule has 0 bridgehead atoms. The maximum Gasteiger partial charge on any atom is 0.410 e.